The van der Waals surface area contributed by atoms with Gasteiger partial charge in [0.05, 0.1) is 12.6 Å². The molecule has 0 fully saturated rings. The molecule has 5 nitrogen and oxygen atoms in total. The van der Waals surface area contributed by atoms with Gasteiger partial charge in [-0.15, -0.1) is 0 Å². The van der Waals surface area contributed by atoms with Gasteiger partial charge >= 0.3 is 5.97 Å². The number of carboxylic acid groups (broad SMARTS) is 1. The molecule has 5 heteroatoms. The molecule has 0 aliphatic rings. The van der Waals surface area contributed by atoms with E-state index >= 15 is 0 Å². The Morgan fingerprint density at radius 2 is 2.00 bits per heavy atom. The van der Waals surface area contributed by atoms with Crippen LogP contribution in [-0.4, -0.2) is 36.3 Å². The van der Waals surface area contributed by atoms with E-state index in [1.165, 1.54) is 0 Å². The highest BCUT2D eigenvalue weighted by Crippen LogP contribution is 2.26. The summed E-state index contributed by atoms with van der Waals surface area (Å²) < 4.78 is 5.16. The Morgan fingerprint density at radius 1 is 1.30 bits per heavy atom. The maximum atomic E-state index is 11.5. The van der Waals surface area contributed by atoms with Crippen LogP contribution < -0.4 is 9.64 Å². The second kappa shape index (κ2) is 5.77. The maximum Gasteiger partial charge on any atom is 0.339 e. The first-order valence-electron chi connectivity index (χ1n) is 6.57. The zero-order chi connectivity index (χ0) is 14.7. The number of aromatic nitrogens is 1. The summed E-state index contributed by atoms with van der Waals surface area (Å²) in [4.78, 5) is 17.9. The lowest BCUT2D eigenvalue weighted by Gasteiger charge is -2.22. The van der Waals surface area contributed by atoms with Crippen molar-refractivity contribution in [1.29, 1.82) is 0 Å². The zero-order valence-electron chi connectivity index (χ0n) is 11.9. The quantitative estimate of drug-likeness (QED) is 0.908. The van der Waals surface area contributed by atoms with Crippen molar-refractivity contribution in [3.63, 3.8) is 0 Å². The molecule has 1 heterocycles. The molecule has 0 amide bonds. The highest BCUT2D eigenvalue weighted by atomic mass is 16.5. The van der Waals surface area contributed by atoms with Crippen LogP contribution in [0.3, 0.4) is 0 Å². The Labute approximate surface area is 117 Å². The van der Waals surface area contributed by atoms with Crippen LogP contribution in [0.2, 0.25) is 0 Å². The van der Waals surface area contributed by atoms with E-state index in [0.717, 1.165) is 10.9 Å². The molecule has 0 saturated carbocycles. The van der Waals surface area contributed by atoms with E-state index in [1.54, 1.807) is 19.2 Å². The topological polar surface area (TPSA) is 62.7 Å². The summed E-state index contributed by atoms with van der Waals surface area (Å²) in [5.74, 6) is 0.232. The van der Waals surface area contributed by atoms with Crippen molar-refractivity contribution < 1.29 is 14.6 Å². The summed E-state index contributed by atoms with van der Waals surface area (Å²) in [5.41, 5.74) is 0.979. The van der Waals surface area contributed by atoms with Crippen molar-refractivity contribution in [2.75, 3.05) is 25.1 Å². The molecule has 106 valence electrons. The van der Waals surface area contributed by atoms with Crippen LogP contribution in [0, 0.1) is 0 Å². The lowest BCUT2D eigenvalue weighted by atomic mass is 10.1. The number of carboxylic acids is 1. The number of carbonyl (C=O) groups is 1. The Morgan fingerprint density at radius 3 is 2.55 bits per heavy atom. The number of fused-ring (bicyclic) bond motifs is 1. The van der Waals surface area contributed by atoms with E-state index in [9.17, 15) is 9.90 Å². The van der Waals surface area contributed by atoms with E-state index in [-0.39, 0.29) is 5.56 Å². The predicted molar refractivity (Wildman–Crippen MR) is 78.8 cm³/mol. The predicted octanol–water partition coefficient (Wildman–Crippen LogP) is 2.79. The first kappa shape index (κ1) is 14.1. The molecule has 1 aromatic heterocycles. The summed E-state index contributed by atoms with van der Waals surface area (Å²) in [6, 6.07) is 7.11. The van der Waals surface area contributed by atoms with E-state index in [1.807, 2.05) is 30.9 Å². The third-order valence-electron chi connectivity index (χ3n) is 3.30. The van der Waals surface area contributed by atoms with Gasteiger partial charge in [0, 0.05) is 18.5 Å². The Bertz CT molecular complexity index is 636. The highest BCUT2D eigenvalue weighted by molar-refractivity contribution is 5.98. The molecule has 20 heavy (non-hydrogen) atoms. The fraction of sp³-hybridized carbons (Fsp3) is 0.333. The fourth-order valence-corrected chi connectivity index (χ4v) is 2.19. The van der Waals surface area contributed by atoms with E-state index in [0.29, 0.717) is 24.7 Å². The van der Waals surface area contributed by atoms with Crippen molar-refractivity contribution in [1.82, 2.24) is 4.98 Å². The zero-order valence-corrected chi connectivity index (χ0v) is 11.9. The summed E-state index contributed by atoms with van der Waals surface area (Å²) in [6.07, 6.45) is 0. The maximum absolute atomic E-state index is 11.5. The molecule has 0 radical (unpaired) electrons. The fourth-order valence-electron chi connectivity index (χ4n) is 2.19. The van der Waals surface area contributed by atoms with E-state index < -0.39 is 5.97 Å². The van der Waals surface area contributed by atoms with Crippen molar-refractivity contribution in [3.8, 4) is 5.75 Å². The first-order valence-corrected chi connectivity index (χ1v) is 6.57. The molecule has 0 spiro atoms. The smallest absolute Gasteiger partial charge is 0.339 e. The summed E-state index contributed by atoms with van der Waals surface area (Å²) in [7, 11) is 1.58. The number of pyridine rings is 1. The number of rotatable bonds is 5. The number of aromatic carboxylic acids is 1. The Kier molecular flexibility index (Phi) is 4.08. The van der Waals surface area contributed by atoms with Crippen LogP contribution in [0.4, 0.5) is 5.82 Å². The van der Waals surface area contributed by atoms with Gasteiger partial charge in [-0.05, 0) is 38.1 Å². The average Bonchev–Trinajstić information content (AvgIpc) is 2.47. The minimum atomic E-state index is -0.968. The van der Waals surface area contributed by atoms with Gasteiger partial charge in [0.25, 0.3) is 0 Å². The number of methoxy groups -OCH3 is 1. The number of anilines is 1. The van der Waals surface area contributed by atoms with Crippen LogP contribution in [-0.2, 0) is 0 Å². The molecule has 0 bridgehead atoms. The average molecular weight is 274 g/mol. The highest BCUT2D eigenvalue weighted by Gasteiger charge is 2.17. The van der Waals surface area contributed by atoms with Crippen LogP contribution in [0.5, 0.6) is 5.75 Å². The van der Waals surface area contributed by atoms with Crippen LogP contribution in [0.15, 0.2) is 24.3 Å². The lowest BCUT2D eigenvalue weighted by Crippen LogP contribution is -2.25. The molecule has 0 saturated heterocycles. The van der Waals surface area contributed by atoms with Gasteiger partial charge in [-0.25, -0.2) is 9.78 Å². The molecule has 2 aromatic rings. The van der Waals surface area contributed by atoms with Crippen molar-refractivity contribution in [2.45, 2.75) is 13.8 Å². The van der Waals surface area contributed by atoms with Gasteiger partial charge < -0.3 is 14.7 Å². The Hall–Kier alpha value is -2.30. The van der Waals surface area contributed by atoms with Gasteiger partial charge in [-0.3, -0.25) is 0 Å². The molecule has 1 aromatic carbocycles. The summed E-state index contributed by atoms with van der Waals surface area (Å²) in [6.45, 7) is 5.39. The van der Waals surface area contributed by atoms with Crippen molar-refractivity contribution >= 4 is 22.7 Å². The lowest BCUT2D eigenvalue weighted by molar-refractivity contribution is 0.0697. The van der Waals surface area contributed by atoms with Crippen molar-refractivity contribution in [2.24, 2.45) is 0 Å². The molecular formula is C15H18N2O3. The molecule has 0 aliphatic carbocycles. The minimum Gasteiger partial charge on any atom is -0.497 e. The first-order chi connectivity index (χ1) is 9.60. The number of hydrogen-bond acceptors (Lipinski definition) is 4. The molecule has 0 unspecified atom stereocenters. The van der Waals surface area contributed by atoms with E-state index in [2.05, 4.69) is 4.98 Å². The second-order valence-electron chi connectivity index (χ2n) is 4.40. The van der Waals surface area contributed by atoms with Gasteiger partial charge in [-0.2, -0.15) is 0 Å². The molecule has 0 aliphatic heterocycles. The van der Waals surface area contributed by atoms with E-state index in [4.69, 9.17) is 4.74 Å². The van der Waals surface area contributed by atoms with Gasteiger partial charge in [0.15, 0.2) is 0 Å². The van der Waals surface area contributed by atoms with Crippen LogP contribution in [0.1, 0.15) is 24.2 Å². The van der Waals surface area contributed by atoms with Gasteiger partial charge in [0.1, 0.15) is 17.1 Å². The van der Waals surface area contributed by atoms with Crippen LogP contribution >= 0.6 is 0 Å². The molecule has 0 atom stereocenters. The number of hydrogen-bond donors (Lipinski definition) is 1. The molecular weight excluding hydrogens is 256 g/mol. The third kappa shape index (κ3) is 2.52. The van der Waals surface area contributed by atoms with Gasteiger partial charge in [0.2, 0.25) is 0 Å². The second-order valence-corrected chi connectivity index (χ2v) is 4.40. The minimum absolute atomic E-state index is 0.217. The largest absolute Gasteiger partial charge is 0.497 e. The normalized spacial score (nSPS) is 10.6. The van der Waals surface area contributed by atoms with Gasteiger partial charge in [-0.1, -0.05) is 0 Å². The SMILES string of the molecule is CCN(CC)c1nc2ccc(OC)cc2cc1C(=O)O. The Balaban J connectivity index is 2.67. The monoisotopic (exact) mass is 274 g/mol. The third-order valence-corrected chi connectivity index (χ3v) is 3.30. The van der Waals surface area contributed by atoms with Crippen molar-refractivity contribution in [3.05, 3.63) is 29.8 Å². The number of nitrogens with zero attached hydrogens (tertiary/aromatic N) is 2. The summed E-state index contributed by atoms with van der Waals surface area (Å²) in [5, 5.41) is 10.2. The summed E-state index contributed by atoms with van der Waals surface area (Å²) >= 11 is 0. The molecule has 1 N–H and O–H groups in total. The number of ether oxygens (including phenoxy) is 1. The van der Waals surface area contributed by atoms with Crippen LogP contribution in [0.25, 0.3) is 10.9 Å². The number of benzene rings is 1. The molecule has 2 rings (SSSR count). The standard InChI is InChI=1S/C15H18N2O3/c1-4-17(5-2)14-12(15(18)19)9-10-8-11(20-3)6-7-13(10)16-14/h6-9H,4-5H2,1-3H3,(H,18,19).